The molecule has 1 heterocycles. The van der Waals surface area contributed by atoms with Crippen LogP contribution in [0.5, 0.6) is 0 Å². The topological polar surface area (TPSA) is 25.8 Å². The maximum atomic E-state index is 4.95. The van der Waals surface area contributed by atoms with Gasteiger partial charge in [0.05, 0.1) is 11.4 Å². The first-order valence-electron chi connectivity index (χ1n) is 12.2. The van der Waals surface area contributed by atoms with Crippen LogP contribution in [0.1, 0.15) is 0 Å². The van der Waals surface area contributed by atoms with Gasteiger partial charge in [0.15, 0.2) is 5.82 Å². The van der Waals surface area contributed by atoms with Crippen molar-refractivity contribution in [2.75, 3.05) is 0 Å². The Morgan fingerprint density at radius 2 is 0.784 bits per heavy atom. The largest absolute Gasteiger partial charge is 0.228 e. The minimum atomic E-state index is 0.718. The summed E-state index contributed by atoms with van der Waals surface area (Å²) in [7, 11) is 0. The second-order valence-corrected chi connectivity index (χ2v) is 9.77. The molecule has 0 N–H and O–H groups in total. The van der Waals surface area contributed by atoms with Crippen molar-refractivity contribution in [3.63, 3.8) is 0 Å². The van der Waals surface area contributed by atoms with Crippen LogP contribution in [-0.2, 0) is 0 Å². The second-order valence-electron chi connectivity index (χ2n) is 8.86. The number of hydrogen-bond acceptors (Lipinski definition) is 2. The van der Waals surface area contributed by atoms with Gasteiger partial charge in [-0.3, -0.25) is 0 Å². The molecule has 3 heteroatoms. The van der Waals surface area contributed by atoms with E-state index in [4.69, 9.17) is 9.97 Å². The van der Waals surface area contributed by atoms with Gasteiger partial charge in [0.2, 0.25) is 0 Å². The van der Waals surface area contributed by atoms with Gasteiger partial charge < -0.3 is 0 Å². The molecule has 0 radical (unpaired) electrons. The van der Waals surface area contributed by atoms with Gasteiger partial charge in [-0.05, 0) is 46.5 Å². The highest BCUT2D eigenvalue weighted by molar-refractivity contribution is 9.10. The van der Waals surface area contributed by atoms with Crippen LogP contribution >= 0.6 is 15.9 Å². The lowest BCUT2D eigenvalue weighted by Gasteiger charge is -2.10. The van der Waals surface area contributed by atoms with Gasteiger partial charge in [0.25, 0.3) is 0 Å². The molecule has 5 aromatic carbocycles. The third-order valence-corrected chi connectivity index (χ3v) is 6.91. The number of nitrogens with zero attached hydrogens (tertiary/aromatic N) is 2. The Morgan fingerprint density at radius 3 is 1.30 bits per heavy atom. The molecular weight excluding hydrogens is 516 g/mol. The lowest BCUT2D eigenvalue weighted by molar-refractivity contribution is 1.18. The molecule has 0 unspecified atom stereocenters. The van der Waals surface area contributed by atoms with Gasteiger partial charge in [-0.2, -0.15) is 0 Å². The molecule has 0 aliphatic carbocycles. The van der Waals surface area contributed by atoms with Gasteiger partial charge in [-0.15, -0.1) is 0 Å². The Bertz CT molecular complexity index is 1590. The van der Waals surface area contributed by atoms with Gasteiger partial charge in [0.1, 0.15) is 0 Å². The first-order valence-corrected chi connectivity index (χ1v) is 13.0. The van der Waals surface area contributed by atoms with Crippen LogP contribution in [0.2, 0.25) is 0 Å². The quantitative estimate of drug-likeness (QED) is 0.218. The van der Waals surface area contributed by atoms with Gasteiger partial charge in [-0.25, -0.2) is 9.97 Å². The highest BCUT2D eigenvalue weighted by Gasteiger charge is 2.11. The fraction of sp³-hybridized carbons (Fsp3) is 0. The minimum Gasteiger partial charge on any atom is -0.228 e. The van der Waals surface area contributed by atoms with Crippen molar-refractivity contribution < 1.29 is 0 Å². The Kier molecular flexibility index (Phi) is 6.45. The summed E-state index contributed by atoms with van der Waals surface area (Å²) in [6, 6.07) is 48.2. The predicted molar refractivity (Wildman–Crippen MR) is 157 cm³/mol. The van der Waals surface area contributed by atoms with Crippen molar-refractivity contribution in [1.29, 1.82) is 0 Å². The molecule has 6 rings (SSSR count). The monoisotopic (exact) mass is 538 g/mol. The summed E-state index contributed by atoms with van der Waals surface area (Å²) in [5, 5.41) is 0. The Balaban J connectivity index is 1.37. The summed E-state index contributed by atoms with van der Waals surface area (Å²) in [6.07, 6.45) is 0. The van der Waals surface area contributed by atoms with E-state index >= 15 is 0 Å². The average Bonchev–Trinajstić information content (AvgIpc) is 2.98. The zero-order valence-corrected chi connectivity index (χ0v) is 21.6. The average molecular weight is 539 g/mol. The number of hydrogen-bond donors (Lipinski definition) is 0. The van der Waals surface area contributed by atoms with Gasteiger partial charge >= 0.3 is 0 Å². The fourth-order valence-electron chi connectivity index (χ4n) is 4.42. The molecule has 0 aliphatic heterocycles. The van der Waals surface area contributed by atoms with E-state index in [1.807, 2.05) is 36.4 Å². The Labute approximate surface area is 225 Å². The van der Waals surface area contributed by atoms with Gasteiger partial charge in [-0.1, -0.05) is 131 Å². The van der Waals surface area contributed by atoms with Crippen LogP contribution in [0, 0.1) is 0 Å². The third kappa shape index (κ3) is 5.13. The van der Waals surface area contributed by atoms with Crippen molar-refractivity contribution in [3.8, 4) is 56.2 Å². The molecule has 0 bridgehead atoms. The number of halogens is 1. The number of benzene rings is 5. The summed E-state index contributed by atoms with van der Waals surface area (Å²) in [4.78, 5) is 9.90. The normalized spacial score (nSPS) is 10.8. The maximum absolute atomic E-state index is 4.95. The zero-order chi connectivity index (χ0) is 25.0. The SMILES string of the molecule is Brc1ccc(-c2cccc(-c3ccc(-c4nc(-c5ccccc5)cc(-c5ccccc5)n4)cc3)c2)cc1. The Hall–Kier alpha value is -4.34. The molecule has 0 fully saturated rings. The second kappa shape index (κ2) is 10.3. The summed E-state index contributed by atoms with van der Waals surface area (Å²) in [5.74, 6) is 0.718. The van der Waals surface area contributed by atoms with Crippen molar-refractivity contribution in [2.24, 2.45) is 0 Å². The van der Waals surface area contributed by atoms with Crippen LogP contribution in [0.15, 0.2) is 144 Å². The highest BCUT2D eigenvalue weighted by Crippen LogP contribution is 2.31. The molecule has 176 valence electrons. The van der Waals surface area contributed by atoms with E-state index in [2.05, 4.69) is 119 Å². The van der Waals surface area contributed by atoms with E-state index in [1.165, 1.54) is 16.7 Å². The molecule has 1 aromatic heterocycles. The molecule has 0 atom stereocenters. The van der Waals surface area contributed by atoms with E-state index in [0.29, 0.717) is 0 Å². The number of aromatic nitrogens is 2. The standard InChI is InChI=1S/C34H23BrN2/c35-31-20-18-25(19-21-31)30-13-7-12-29(22-30)24-14-16-28(17-15-24)34-36-32(26-8-3-1-4-9-26)23-33(37-34)27-10-5-2-6-11-27/h1-23H. The molecule has 37 heavy (non-hydrogen) atoms. The van der Waals surface area contributed by atoms with Crippen LogP contribution < -0.4 is 0 Å². The molecule has 0 spiro atoms. The molecule has 0 amide bonds. The fourth-order valence-corrected chi connectivity index (χ4v) is 4.69. The van der Waals surface area contributed by atoms with E-state index in [-0.39, 0.29) is 0 Å². The van der Waals surface area contributed by atoms with E-state index in [9.17, 15) is 0 Å². The molecule has 6 aromatic rings. The summed E-state index contributed by atoms with van der Waals surface area (Å²) in [5.41, 5.74) is 9.69. The van der Waals surface area contributed by atoms with E-state index in [0.717, 1.165) is 43.9 Å². The predicted octanol–water partition coefficient (Wildman–Crippen LogP) is 9.57. The van der Waals surface area contributed by atoms with E-state index in [1.54, 1.807) is 0 Å². The summed E-state index contributed by atoms with van der Waals surface area (Å²) < 4.78 is 1.08. The molecule has 0 saturated carbocycles. The van der Waals surface area contributed by atoms with Crippen LogP contribution in [0.3, 0.4) is 0 Å². The van der Waals surface area contributed by atoms with Crippen molar-refractivity contribution in [1.82, 2.24) is 9.97 Å². The smallest absolute Gasteiger partial charge is 0.160 e. The molecule has 0 aliphatic rings. The van der Waals surface area contributed by atoms with Gasteiger partial charge in [0, 0.05) is 21.2 Å². The molecule has 0 saturated heterocycles. The maximum Gasteiger partial charge on any atom is 0.160 e. The van der Waals surface area contributed by atoms with Crippen LogP contribution in [0.25, 0.3) is 56.2 Å². The Morgan fingerprint density at radius 1 is 0.351 bits per heavy atom. The lowest BCUT2D eigenvalue weighted by Crippen LogP contribution is -1.95. The molecule has 2 nitrogen and oxygen atoms in total. The lowest BCUT2D eigenvalue weighted by atomic mass is 9.98. The van der Waals surface area contributed by atoms with Crippen molar-refractivity contribution in [3.05, 3.63) is 144 Å². The summed E-state index contributed by atoms with van der Waals surface area (Å²) >= 11 is 3.52. The van der Waals surface area contributed by atoms with E-state index < -0.39 is 0 Å². The number of rotatable bonds is 5. The molecular formula is C34H23BrN2. The van der Waals surface area contributed by atoms with Crippen LogP contribution in [0.4, 0.5) is 0 Å². The van der Waals surface area contributed by atoms with Crippen molar-refractivity contribution in [2.45, 2.75) is 0 Å². The first-order chi connectivity index (χ1) is 18.2. The zero-order valence-electron chi connectivity index (χ0n) is 20.1. The van der Waals surface area contributed by atoms with Crippen molar-refractivity contribution >= 4 is 15.9 Å². The van der Waals surface area contributed by atoms with Crippen LogP contribution in [-0.4, -0.2) is 9.97 Å². The summed E-state index contributed by atoms with van der Waals surface area (Å²) in [6.45, 7) is 0. The third-order valence-electron chi connectivity index (χ3n) is 6.38. The first kappa shape index (κ1) is 23.1. The highest BCUT2D eigenvalue weighted by atomic mass is 79.9. The minimum absolute atomic E-state index is 0.718.